The number of nitrogens with one attached hydrogen (secondary N) is 1. The van der Waals surface area contributed by atoms with Gasteiger partial charge in [-0.05, 0) is 32.1 Å². The van der Waals surface area contributed by atoms with Crippen LogP contribution in [0.2, 0.25) is 0 Å². The number of anilines is 1. The van der Waals surface area contributed by atoms with Crippen molar-refractivity contribution in [3.63, 3.8) is 0 Å². The number of carbonyl (C=O) groups is 1. The number of hydrogen-bond acceptors (Lipinski definition) is 6. The number of ether oxygens (including phenoxy) is 1. The maximum Gasteiger partial charge on any atom is 0.255 e. The molecule has 1 amide bonds. The van der Waals surface area contributed by atoms with Crippen LogP contribution in [-0.2, 0) is 4.74 Å². The summed E-state index contributed by atoms with van der Waals surface area (Å²) in [7, 11) is 2.16. The fourth-order valence-corrected chi connectivity index (χ4v) is 3.27. The Morgan fingerprint density at radius 2 is 1.96 bits per heavy atom. The van der Waals surface area contributed by atoms with Gasteiger partial charge in [-0.25, -0.2) is 4.98 Å². The van der Waals surface area contributed by atoms with E-state index in [-0.39, 0.29) is 5.91 Å². The van der Waals surface area contributed by atoms with Gasteiger partial charge in [-0.2, -0.15) is 0 Å². The summed E-state index contributed by atoms with van der Waals surface area (Å²) >= 11 is 0. The quantitative estimate of drug-likeness (QED) is 0.746. The molecule has 0 radical (unpaired) electrons. The fraction of sp³-hybridized carbons (Fsp3) is 0.667. The average Bonchev–Trinajstić information content (AvgIpc) is 2.67. The van der Waals surface area contributed by atoms with Gasteiger partial charge in [0.15, 0.2) is 0 Å². The van der Waals surface area contributed by atoms with Crippen LogP contribution in [0, 0.1) is 0 Å². The molecule has 0 bridgehead atoms. The molecule has 0 atom stereocenters. The van der Waals surface area contributed by atoms with Crippen LogP contribution in [0.25, 0.3) is 0 Å². The second-order valence-corrected chi connectivity index (χ2v) is 6.73. The third-order valence-electron chi connectivity index (χ3n) is 4.87. The average molecular weight is 347 g/mol. The Hall–Kier alpha value is -1.70. The predicted octanol–water partition coefficient (Wildman–Crippen LogP) is 0.286. The van der Waals surface area contributed by atoms with E-state index in [0.29, 0.717) is 25.3 Å². The standard InChI is InChI=1S/C18H29N5O2/c1-21-8-10-22(11-9-21)7-3-6-20-18(24)16-4-2-5-19-17(16)23-12-14-25-15-13-23/h2,4-5H,3,6-15H2,1H3,(H,20,24). The molecule has 7 nitrogen and oxygen atoms in total. The van der Waals surface area contributed by atoms with Gasteiger partial charge in [0.25, 0.3) is 5.91 Å². The van der Waals surface area contributed by atoms with Crippen LogP contribution in [-0.4, -0.2) is 93.3 Å². The topological polar surface area (TPSA) is 60.9 Å². The van der Waals surface area contributed by atoms with E-state index in [9.17, 15) is 4.79 Å². The van der Waals surface area contributed by atoms with Crippen LogP contribution in [0.15, 0.2) is 18.3 Å². The molecule has 0 unspecified atom stereocenters. The maximum absolute atomic E-state index is 12.6. The Bertz CT molecular complexity index is 554. The van der Waals surface area contributed by atoms with Gasteiger partial charge in [0, 0.05) is 52.0 Å². The van der Waals surface area contributed by atoms with Gasteiger partial charge in [0.05, 0.1) is 18.8 Å². The first kappa shape index (κ1) is 18.1. The van der Waals surface area contributed by atoms with E-state index in [1.54, 1.807) is 6.20 Å². The lowest BCUT2D eigenvalue weighted by molar-refractivity contribution is 0.0947. The van der Waals surface area contributed by atoms with Gasteiger partial charge in [0.2, 0.25) is 0 Å². The largest absolute Gasteiger partial charge is 0.378 e. The second-order valence-electron chi connectivity index (χ2n) is 6.73. The highest BCUT2D eigenvalue weighted by atomic mass is 16.5. The number of pyridine rings is 1. The zero-order valence-electron chi connectivity index (χ0n) is 15.1. The van der Waals surface area contributed by atoms with E-state index in [1.807, 2.05) is 12.1 Å². The molecule has 2 fully saturated rings. The van der Waals surface area contributed by atoms with E-state index >= 15 is 0 Å². The summed E-state index contributed by atoms with van der Waals surface area (Å²) in [4.78, 5) is 24.0. The molecule has 25 heavy (non-hydrogen) atoms. The molecule has 1 N–H and O–H groups in total. The zero-order valence-corrected chi connectivity index (χ0v) is 15.1. The lowest BCUT2D eigenvalue weighted by Gasteiger charge is -2.32. The molecule has 1 aromatic rings. The normalized spacial score (nSPS) is 19.8. The summed E-state index contributed by atoms with van der Waals surface area (Å²) in [6.45, 7) is 9.16. The van der Waals surface area contributed by atoms with Crippen LogP contribution in [0.5, 0.6) is 0 Å². The van der Waals surface area contributed by atoms with Crippen LogP contribution < -0.4 is 10.2 Å². The lowest BCUT2D eigenvalue weighted by atomic mass is 10.2. The fourth-order valence-electron chi connectivity index (χ4n) is 3.27. The zero-order chi connectivity index (χ0) is 17.5. The van der Waals surface area contributed by atoms with Crippen molar-refractivity contribution in [1.82, 2.24) is 20.1 Å². The van der Waals surface area contributed by atoms with E-state index in [4.69, 9.17) is 4.74 Å². The highest BCUT2D eigenvalue weighted by Crippen LogP contribution is 2.18. The van der Waals surface area contributed by atoms with E-state index < -0.39 is 0 Å². The number of likely N-dealkylation sites (N-methyl/N-ethyl adjacent to an activating group) is 1. The molecular formula is C18H29N5O2. The number of rotatable bonds is 6. The number of piperazine rings is 1. The first-order valence-electron chi connectivity index (χ1n) is 9.21. The minimum Gasteiger partial charge on any atom is -0.378 e. The molecule has 138 valence electrons. The number of nitrogens with zero attached hydrogens (tertiary/aromatic N) is 4. The molecule has 0 aliphatic carbocycles. The van der Waals surface area contributed by atoms with Crippen molar-refractivity contribution in [2.45, 2.75) is 6.42 Å². The van der Waals surface area contributed by atoms with Crippen LogP contribution >= 0.6 is 0 Å². The highest BCUT2D eigenvalue weighted by Gasteiger charge is 2.19. The Balaban J connectivity index is 1.46. The van der Waals surface area contributed by atoms with Crippen molar-refractivity contribution in [2.24, 2.45) is 0 Å². The SMILES string of the molecule is CN1CCN(CCCNC(=O)c2cccnc2N2CCOCC2)CC1. The molecule has 0 spiro atoms. The monoisotopic (exact) mass is 347 g/mol. The molecule has 3 heterocycles. The van der Waals surface area contributed by atoms with Crippen LogP contribution in [0.3, 0.4) is 0 Å². The van der Waals surface area contributed by atoms with Crippen molar-refractivity contribution in [3.8, 4) is 0 Å². The first-order valence-corrected chi connectivity index (χ1v) is 9.21. The van der Waals surface area contributed by atoms with Crippen molar-refractivity contribution in [1.29, 1.82) is 0 Å². The molecule has 2 aliphatic rings. The van der Waals surface area contributed by atoms with Gasteiger partial charge in [-0.3, -0.25) is 4.79 Å². The molecule has 7 heteroatoms. The second kappa shape index (κ2) is 9.12. The number of aromatic nitrogens is 1. The van der Waals surface area contributed by atoms with Gasteiger partial charge in [0.1, 0.15) is 5.82 Å². The summed E-state index contributed by atoms with van der Waals surface area (Å²) in [6.07, 6.45) is 2.72. The Morgan fingerprint density at radius 1 is 1.20 bits per heavy atom. The molecule has 3 rings (SSSR count). The van der Waals surface area contributed by atoms with Crippen molar-refractivity contribution in [3.05, 3.63) is 23.9 Å². The Labute approximate surface area is 149 Å². The summed E-state index contributed by atoms with van der Waals surface area (Å²) in [5, 5.41) is 3.05. The Morgan fingerprint density at radius 3 is 2.72 bits per heavy atom. The Kier molecular flexibility index (Phi) is 6.61. The molecule has 0 aromatic carbocycles. The molecule has 1 aromatic heterocycles. The highest BCUT2D eigenvalue weighted by molar-refractivity contribution is 5.98. The number of carbonyl (C=O) groups excluding carboxylic acids is 1. The maximum atomic E-state index is 12.6. The minimum atomic E-state index is -0.0343. The van der Waals surface area contributed by atoms with Crippen LogP contribution in [0.4, 0.5) is 5.82 Å². The van der Waals surface area contributed by atoms with Gasteiger partial charge in [-0.15, -0.1) is 0 Å². The summed E-state index contributed by atoms with van der Waals surface area (Å²) < 4.78 is 5.39. The van der Waals surface area contributed by atoms with Crippen molar-refractivity contribution in [2.75, 3.05) is 77.5 Å². The third-order valence-corrected chi connectivity index (χ3v) is 4.87. The predicted molar refractivity (Wildman–Crippen MR) is 98.2 cm³/mol. The van der Waals surface area contributed by atoms with E-state index in [2.05, 4.69) is 32.0 Å². The number of hydrogen-bond donors (Lipinski definition) is 1. The van der Waals surface area contributed by atoms with Crippen molar-refractivity contribution < 1.29 is 9.53 Å². The van der Waals surface area contributed by atoms with Gasteiger partial charge >= 0.3 is 0 Å². The first-order chi connectivity index (χ1) is 12.2. The van der Waals surface area contributed by atoms with E-state index in [1.165, 1.54) is 0 Å². The summed E-state index contributed by atoms with van der Waals surface area (Å²) in [5.41, 5.74) is 0.656. The third kappa shape index (κ3) is 5.14. The number of amides is 1. The molecule has 0 saturated carbocycles. The molecule has 2 aliphatic heterocycles. The lowest BCUT2D eigenvalue weighted by Crippen LogP contribution is -2.45. The smallest absolute Gasteiger partial charge is 0.255 e. The van der Waals surface area contributed by atoms with Crippen molar-refractivity contribution >= 4 is 11.7 Å². The van der Waals surface area contributed by atoms with E-state index in [0.717, 1.165) is 58.1 Å². The van der Waals surface area contributed by atoms with Gasteiger partial charge in [-0.1, -0.05) is 0 Å². The van der Waals surface area contributed by atoms with Gasteiger partial charge < -0.3 is 24.8 Å². The van der Waals surface area contributed by atoms with Crippen LogP contribution in [0.1, 0.15) is 16.8 Å². The summed E-state index contributed by atoms with van der Waals surface area (Å²) in [6, 6.07) is 3.68. The minimum absolute atomic E-state index is 0.0343. The summed E-state index contributed by atoms with van der Waals surface area (Å²) in [5.74, 6) is 0.732. The number of morpholine rings is 1. The molecule has 2 saturated heterocycles. The molecular weight excluding hydrogens is 318 g/mol.